The molecule has 0 radical (unpaired) electrons. The highest BCUT2D eigenvalue weighted by molar-refractivity contribution is 5.94. The predicted octanol–water partition coefficient (Wildman–Crippen LogP) is 1.51. The topological polar surface area (TPSA) is 96.6 Å². The van der Waals surface area contributed by atoms with E-state index >= 15 is 0 Å². The van der Waals surface area contributed by atoms with Gasteiger partial charge in [0.15, 0.2) is 5.65 Å². The Kier molecular flexibility index (Phi) is 4.75. The van der Waals surface area contributed by atoms with Gasteiger partial charge >= 0.3 is 5.97 Å². The fraction of sp³-hybridized carbons (Fsp3) is 0.467. The van der Waals surface area contributed by atoms with E-state index in [4.69, 9.17) is 0 Å². The van der Waals surface area contributed by atoms with Crippen molar-refractivity contribution < 1.29 is 14.7 Å². The number of aryl methyl sites for hydroxylation is 1. The minimum atomic E-state index is -0.890. The van der Waals surface area contributed by atoms with E-state index in [9.17, 15) is 14.7 Å². The Morgan fingerprint density at radius 1 is 1.32 bits per heavy atom. The highest BCUT2D eigenvalue weighted by Gasteiger charge is 2.20. The van der Waals surface area contributed by atoms with Gasteiger partial charge in [-0.05, 0) is 31.4 Å². The van der Waals surface area contributed by atoms with E-state index in [-0.39, 0.29) is 18.4 Å². The molecule has 1 amide bonds. The Morgan fingerprint density at radius 2 is 2.05 bits per heavy atom. The number of hydrogen-bond acceptors (Lipinski definition) is 4. The molecule has 2 aromatic rings. The number of aliphatic carboxylic acids is 1. The van der Waals surface area contributed by atoms with Crippen molar-refractivity contribution in [2.45, 2.75) is 27.2 Å². The maximum absolute atomic E-state index is 12.2. The number of rotatable bonds is 6. The fourth-order valence-electron chi connectivity index (χ4n) is 2.30. The number of nitrogens with one attached hydrogen (secondary N) is 1. The van der Waals surface area contributed by atoms with Crippen molar-refractivity contribution in [2.24, 2.45) is 11.8 Å². The second kappa shape index (κ2) is 6.55. The number of hydrogen-bond donors (Lipinski definition) is 2. The van der Waals surface area contributed by atoms with Gasteiger partial charge in [0.2, 0.25) is 0 Å². The van der Waals surface area contributed by atoms with E-state index < -0.39 is 11.9 Å². The van der Waals surface area contributed by atoms with Gasteiger partial charge in [-0.25, -0.2) is 0 Å². The zero-order valence-electron chi connectivity index (χ0n) is 12.9. The first-order chi connectivity index (χ1) is 10.4. The van der Waals surface area contributed by atoms with Gasteiger partial charge in [-0.15, -0.1) is 10.2 Å². The van der Waals surface area contributed by atoms with Crippen LogP contribution in [0, 0.1) is 18.8 Å². The van der Waals surface area contributed by atoms with E-state index in [0.717, 1.165) is 0 Å². The van der Waals surface area contributed by atoms with Crippen molar-refractivity contribution in [3.63, 3.8) is 0 Å². The molecular weight excluding hydrogens is 284 g/mol. The van der Waals surface area contributed by atoms with E-state index in [1.807, 2.05) is 13.8 Å². The zero-order chi connectivity index (χ0) is 16.3. The molecule has 0 saturated carbocycles. The molecule has 1 unspecified atom stereocenters. The average Bonchev–Trinajstić information content (AvgIpc) is 2.83. The van der Waals surface area contributed by atoms with E-state index in [2.05, 4.69) is 15.5 Å². The highest BCUT2D eigenvalue weighted by Crippen LogP contribution is 2.12. The van der Waals surface area contributed by atoms with Gasteiger partial charge < -0.3 is 10.4 Å². The van der Waals surface area contributed by atoms with Crippen LogP contribution < -0.4 is 5.32 Å². The van der Waals surface area contributed by atoms with Crippen LogP contribution >= 0.6 is 0 Å². The second-order valence-electron chi connectivity index (χ2n) is 5.77. The number of carbonyl (C=O) groups is 2. The van der Waals surface area contributed by atoms with E-state index in [0.29, 0.717) is 23.5 Å². The summed E-state index contributed by atoms with van der Waals surface area (Å²) in [5, 5.41) is 19.8. The quantitative estimate of drug-likeness (QED) is 0.843. The SMILES string of the molecule is Cc1nnc2ccc(C(=O)NCC(CC(C)C)C(=O)O)cn12. The molecule has 0 bridgehead atoms. The summed E-state index contributed by atoms with van der Waals surface area (Å²) in [7, 11) is 0. The van der Waals surface area contributed by atoms with Crippen molar-refractivity contribution in [2.75, 3.05) is 6.54 Å². The molecule has 0 saturated heterocycles. The molecule has 22 heavy (non-hydrogen) atoms. The van der Waals surface area contributed by atoms with Crippen molar-refractivity contribution in [1.29, 1.82) is 0 Å². The maximum Gasteiger partial charge on any atom is 0.308 e. The Hall–Kier alpha value is -2.44. The van der Waals surface area contributed by atoms with Crippen LogP contribution in [0.4, 0.5) is 0 Å². The first-order valence-corrected chi connectivity index (χ1v) is 7.21. The zero-order valence-corrected chi connectivity index (χ0v) is 12.9. The molecule has 2 N–H and O–H groups in total. The Balaban J connectivity index is 2.06. The monoisotopic (exact) mass is 304 g/mol. The second-order valence-corrected chi connectivity index (χ2v) is 5.77. The molecule has 7 nitrogen and oxygen atoms in total. The van der Waals surface area contributed by atoms with Crippen molar-refractivity contribution in [3.8, 4) is 0 Å². The van der Waals surface area contributed by atoms with E-state index in [1.165, 1.54) is 0 Å². The standard InChI is InChI=1S/C15H20N4O3/c1-9(2)6-12(15(21)22)7-16-14(20)11-4-5-13-18-17-10(3)19(13)8-11/h4-5,8-9,12H,6-7H2,1-3H3,(H,16,20)(H,21,22). The van der Waals surface area contributed by atoms with Gasteiger partial charge in [0.05, 0.1) is 11.5 Å². The number of carboxylic acids is 1. The van der Waals surface area contributed by atoms with Crippen LogP contribution in [0.2, 0.25) is 0 Å². The summed E-state index contributed by atoms with van der Waals surface area (Å²) in [5.74, 6) is -0.824. The Morgan fingerprint density at radius 3 is 2.68 bits per heavy atom. The Bertz CT molecular complexity index is 693. The molecule has 0 aliphatic heterocycles. The number of nitrogens with zero attached hydrogens (tertiary/aromatic N) is 3. The summed E-state index contributed by atoms with van der Waals surface area (Å²) in [4.78, 5) is 23.4. The van der Waals surface area contributed by atoms with Crippen molar-refractivity contribution in [3.05, 3.63) is 29.7 Å². The van der Waals surface area contributed by atoms with Gasteiger partial charge in [-0.2, -0.15) is 0 Å². The van der Waals surface area contributed by atoms with Gasteiger partial charge in [0, 0.05) is 12.7 Å². The molecule has 0 fully saturated rings. The number of aromatic nitrogens is 3. The summed E-state index contributed by atoms with van der Waals surface area (Å²) in [6.45, 7) is 5.83. The Labute approximate surface area is 128 Å². The van der Waals surface area contributed by atoms with Crippen LogP contribution in [-0.2, 0) is 4.79 Å². The lowest BCUT2D eigenvalue weighted by Gasteiger charge is -2.15. The van der Waals surface area contributed by atoms with Gasteiger partial charge in [0.25, 0.3) is 5.91 Å². The number of carboxylic acid groups (broad SMARTS) is 1. The lowest BCUT2D eigenvalue weighted by Crippen LogP contribution is -2.33. The summed E-state index contributed by atoms with van der Waals surface area (Å²) in [6.07, 6.45) is 2.18. The van der Waals surface area contributed by atoms with Crippen LogP contribution in [0.3, 0.4) is 0 Å². The number of fused-ring (bicyclic) bond motifs is 1. The third-order valence-corrected chi connectivity index (χ3v) is 3.45. The lowest BCUT2D eigenvalue weighted by molar-refractivity contribution is -0.142. The molecule has 118 valence electrons. The summed E-state index contributed by atoms with van der Waals surface area (Å²) >= 11 is 0. The predicted molar refractivity (Wildman–Crippen MR) is 80.6 cm³/mol. The molecule has 0 aromatic carbocycles. The van der Waals surface area contributed by atoms with Gasteiger partial charge in [0.1, 0.15) is 5.82 Å². The normalized spacial score (nSPS) is 12.5. The number of pyridine rings is 1. The van der Waals surface area contributed by atoms with Gasteiger partial charge in [-0.1, -0.05) is 13.8 Å². The molecule has 0 spiro atoms. The molecule has 2 rings (SSSR count). The summed E-state index contributed by atoms with van der Waals surface area (Å²) in [5.41, 5.74) is 1.11. The fourth-order valence-corrected chi connectivity index (χ4v) is 2.30. The number of carbonyl (C=O) groups excluding carboxylic acids is 1. The van der Waals surface area contributed by atoms with Crippen molar-refractivity contribution >= 4 is 17.5 Å². The molecule has 0 aliphatic rings. The maximum atomic E-state index is 12.2. The number of amides is 1. The lowest BCUT2D eigenvalue weighted by atomic mass is 9.97. The van der Waals surface area contributed by atoms with Gasteiger partial charge in [-0.3, -0.25) is 14.0 Å². The van der Waals surface area contributed by atoms with Crippen LogP contribution in [0.25, 0.3) is 5.65 Å². The molecule has 7 heteroatoms. The summed E-state index contributed by atoms with van der Waals surface area (Å²) < 4.78 is 1.72. The summed E-state index contributed by atoms with van der Waals surface area (Å²) in [6, 6.07) is 3.36. The molecule has 2 heterocycles. The first-order valence-electron chi connectivity index (χ1n) is 7.21. The third-order valence-electron chi connectivity index (χ3n) is 3.45. The minimum Gasteiger partial charge on any atom is -0.481 e. The van der Waals surface area contributed by atoms with E-state index in [1.54, 1.807) is 29.7 Å². The molecule has 2 aromatic heterocycles. The van der Waals surface area contributed by atoms with Crippen LogP contribution in [0.15, 0.2) is 18.3 Å². The minimum absolute atomic E-state index is 0.117. The molecule has 1 atom stereocenters. The molecular formula is C15H20N4O3. The first kappa shape index (κ1) is 15.9. The van der Waals surface area contributed by atoms with Crippen LogP contribution in [0.1, 0.15) is 36.5 Å². The smallest absolute Gasteiger partial charge is 0.308 e. The van der Waals surface area contributed by atoms with Crippen LogP contribution in [0.5, 0.6) is 0 Å². The molecule has 0 aliphatic carbocycles. The van der Waals surface area contributed by atoms with Crippen molar-refractivity contribution in [1.82, 2.24) is 19.9 Å². The average molecular weight is 304 g/mol. The highest BCUT2D eigenvalue weighted by atomic mass is 16.4. The largest absolute Gasteiger partial charge is 0.481 e. The third kappa shape index (κ3) is 3.60. The van der Waals surface area contributed by atoms with Crippen LogP contribution in [-0.4, -0.2) is 38.1 Å².